The Bertz CT molecular complexity index is 459. The predicted octanol–water partition coefficient (Wildman–Crippen LogP) is 5.30. The molecule has 0 bridgehead atoms. The first kappa shape index (κ1) is 12.7. The molecular weight excluding hydrogens is 244 g/mol. The monoisotopic (exact) mass is 270 g/mol. The van der Waals surface area contributed by atoms with Crippen molar-refractivity contribution in [1.29, 1.82) is 0 Å². The van der Waals surface area contributed by atoms with E-state index < -0.39 is 0 Å². The standard InChI is InChI=1S/C19H26O/c1-2-4-8-14(7-3-1)15-11-12-17-16-9-5-6-10-18(16)20-19(17)13-15/h5-6,9-10,14-15,17,19H,1-4,7-8,11-13H2. The average molecular weight is 270 g/mol. The van der Waals surface area contributed by atoms with Crippen molar-refractivity contribution in [2.24, 2.45) is 11.8 Å². The minimum Gasteiger partial charge on any atom is -0.489 e. The molecule has 0 radical (unpaired) electrons. The second kappa shape index (κ2) is 5.42. The third kappa shape index (κ3) is 2.25. The lowest BCUT2D eigenvalue weighted by atomic mass is 9.71. The Kier molecular flexibility index (Phi) is 3.45. The van der Waals surface area contributed by atoms with E-state index in [1.807, 2.05) is 0 Å². The highest BCUT2D eigenvalue weighted by Crippen LogP contribution is 2.49. The molecular formula is C19H26O. The topological polar surface area (TPSA) is 9.23 Å². The Morgan fingerprint density at radius 1 is 0.800 bits per heavy atom. The molecule has 0 saturated heterocycles. The van der Waals surface area contributed by atoms with Gasteiger partial charge in [-0.25, -0.2) is 0 Å². The van der Waals surface area contributed by atoms with Crippen molar-refractivity contribution in [3.8, 4) is 5.75 Å². The van der Waals surface area contributed by atoms with Crippen LogP contribution >= 0.6 is 0 Å². The molecule has 1 heterocycles. The van der Waals surface area contributed by atoms with E-state index in [1.165, 1.54) is 69.1 Å². The number of benzene rings is 1. The number of hydrogen-bond donors (Lipinski definition) is 0. The molecule has 0 amide bonds. The molecule has 108 valence electrons. The smallest absolute Gasteiger partial charge is 0.123 e. The van der Waals surface area contributed by atoms with Gasteiger partial charge in [-0.15, -0.1) is 0 Å². The van der Waals surface area contributed by atoms with Crippen LogP contribution in [0.3, 0.4) is 0 Å². The van der Waals surface area contributed by atoms with Gasteiger partial charge >= 0.3 is 0 Å². The van der Waals surface area contributed by atoms with Crippen molar-refractivity contribution >= 4 is 0 Å². The van der Waals surface area contributed by atoms with Gasteiger partial charge < -0.3 is 4.74 Å². The highest BCUT2D eigenvalue weighted by atomic mass is 16.5. The summed E-state index contributed by atoms with van der Waals surface area (Å²) in [5.74, 6) is 3.78. The van der Waals surface area contributed by atoms with E-state index in [-0.39, 0.29) is 0 Å². The summed E-state index contributed by atoms with van der Waals surface area (Å²) < 4.78 is 6.26. The van der Waals surface area contributed by atoms with Crippen LogP contribution in [0.4, 0.5) is 0 Å². The van der Waals surface area contributed by atoms with Gasteiger partial charge in [0, 0.05) is 11.5 Å². The molecule has 1 aromatic rings. The molecule has 20 heavy (non-hydrogen) atoms. The summed E-state index contributed by atoms with van der Waals surface area (Å²) in [4.78, 5) is 0. The maximum atomic E-state index is 6.26. The maximum absolute atomic E-state index is 6.26. The molecule has 0 aromatic heterocycles. The Morgan fingerprint density at radius 2 is 1.60 bits per heavy atom. The van der Waals surface area contributed by atoms with Crippen molar-refractivity contribution < 1.29 is 4.74 Å². The van der Waals surface area contributed by atoms with Gasteiger partial charge in [0.25, 0.3) is 0 Å². The SMILES string of the molecule is c1ccc2c(c1)OC1CC(C3CCCCCC3)CCC21. The molecule has 1 aliphatic heterocycles. The van der Waals surface area contributed by atoms with Gasteiger partial charge in [0.2, 0.25) is 0 Å². The number of rotatable bonds is 1. The van der Waals surface area contributed by atoms with Gasteiger partial charge in [0.1, 0.15) is 11.9 Å². The van der Waals surface area contributed by atoms with Gasteiger partial charge in [-0.05, 0) is 37.2 Å². The van der Waals surface area contributed by atoms with Crippen LogP contribution in [-0.2, 0) is 0 Å². The van der Waals surface area contributed by atoms with E-state index >= 15 is 0 Å². The molecule has 0 N–H and O–H groups in total. The zero-order valence-electron chi connectivity index (χ0n) is 12.4. The third-order valence-electron chi connectivity index (χ3n) is 6.00. The summed E-state index contributed by atoms with van der Waals surface area (Å²) in [6, 6.07) is 8.72. The second-order valence-corrected chi connectivity index (χ2v) is 7.13. The molecule has 3 unspecified atom stereocenters. The first-order chi connectivity index (χ1) is 9.92. The van der Waals surface area contributed by atoms with Gasteiger partial charge in [-0.2, -0.15) is 0 Å². The molecule has 2 saturated carbocycles. The molecule has 2 aliphatic carbocycles. The number of hydrogen-bond acceptors (Lipinski definition) is 1. The Hall–Kier alpha value is -0.980. The van der Waals surface area contributed by atoms with E-state index in [0.29, 0.717) is 12.0 Å². The first-order valence-corrected chi connectivity index (χ1v) is 8.67. The molecule has 0 spiro atoms. The fraction of sp³-hybridized carbons (Fsp3) is 0.684. The van der Waals surface area contributed by atoms with Crippen LogP contribution in [0.2, 0.25) is 0 Å². The van der Waals surface area contributed by atoms with E-state index in [4.69, 9.17) is 4.74 Å². The summed E-state index contributed by atoms with van der Waals surface area (Å²) >= 11 is 0. The molecule has 1 nitrogen and oxygen atoms in total. The lowest BCUT2D eigenvalue weighted by Gasteiger charge is -2.35. The lowest BCUT2D eigenvalue weighted by Crippen LogP contribution is -2.31. The van der Waals surface area contributed by atoms with Crippen molar-refractivity contribution in [1.82, 2.24) is 0 Å². The van der Waals surface area contributed by atoms with Crippen LogP contribution in [0.5, 0.6) is 5.75 Å². The first-order valence-electron chi connectivity index (χ1n) is 8.67. The Balaban J connectivity index is 1.46. The third-order valence-corrected chi connectivity index (χ3v) is 6.00. The van der Waals surface area contributed by atoms with Crippen LogP contribution in [-0.4, -0.2) is 6.10 Å². The molecule has 2 fully saturated rings. The van der Waals surface area contributed by atoms with E-state index in [1.54, 1.807) is 0 Å². The Labute approximate surface area is 122 Å². The quantitative estimate of drug-likeness (QED) is 0.629. The van der Waals surface area contributed by atoms with Crippen LogP contribution in [0.25, 0.3) is 0 Å². The summed E-state index contributed by atoms with van der Waals surface area (Å²) in [7, 11) is 0. The van der Waals surface area contributed by atoms with Gasteiger partial charge in [-0.3, -0.25) is 0 Å². The zero-order chi connectivity index (χ0) is 13.4. The molecule has 1 heteroatoms. The molecule has 4 rings (SSSR count). The van der Waals surface area contributed by atoms with Crippen LogP contribution < -0.4 is 4.74 Å². The summed E-state index contributed by atoms with van der Waals surface area (Å²) in [6.07, 6.45) is 13.4. The second-order valence-electron chi connectivity index (χ2n) is 7.13. The van der Waals surface area contributed by atoms with Crippen LogP contribution in [0, 0.1) is 11.8 Å². The van der Waals surface area contributed by atoms with Crippen LogP contribution in [0.15, 0.2) is 24.3 Å². The van der Waals surface area contributed by atoms with Gasteiger partial charge in [-0.1, -0.05) is 56.7 Å². The largest absolute Gasteiger partial charge is 0.489 e. The van der Waals surface area contributed by atoms with E-state index in [9.17, 15) is 0 Å². The van der Waals surface area contributed by atoms with Gasteiger partial charge in [0.15, 0.2) is 0 Å². The number of fused-ring (bicyclic) bond motifs is 3. The summed E-state index contributed by atoms with van der Waals surface area (Å²) in [5, 5.41) is 0. The highest BCUT2D eigenvalue weighted by molar-refractivity contribution is 5.41. The molecule has 3 atom stereocenters. The average Bonchev–Trinajstić information content (AvgIpc) is 2.67. The molecule has 3 aliphatic rings. The predicted molar refractivity (Wildman–Crippen MR) is 82.1 cm³/mol. The Morgan fingerprint density at radius 3 is 2.45 bits per heavy atom. The van der Waals surface area contributed by atoms with Crippen molar-refractivity contribution in [3.05, 3.63) is 29.8 Å². The normalized spacial score (nSPS) is 33.9. The lowest BCUT2D eigenvalue weighted by molar-refractivity contribution is 0.0977. The van der Waals surface area contributed by atoms with Gasteiger partial charge in [0.05, 0.1) is 0 Å². The highest BCUT2D eigenvalue weighted by Gasteiger charge is 2.40. The minimum atomic E-state index is 0.481. The minimum absolute atomic E-state index is 0.481. The molecule has 1 aromatic carbocycles. The van der Waals surface area contributed by atoms with Crippen molar-refractivity contribution in [3.63, 3.8) is 0 Å². The number of ether oxygens (including phenoxy) is 1. The zero-order valence-corrected chi connectivity index (χ0v) is 12.4. The summed E-state index contributed by atoms with van der Waals surface area (Å²) in [5.41, 5.74) is 1.48. The fourth-order valence-electron chi connectivity index (χ4n) is 4.91. The van der Waals surface area contributed by atoms with E-state index in [2.05, 4.69) is 24.3 Å². The maximum Gasteiger partial charge on any atom is 0.123 e. The van der Waals surface area contributed by atoms with Crippen molar-refractivity contribution in [2.75, 3.05) is 0 Å². The number of para-hydroxylation sites is 1. The van der Waals surface area contributed by atoms with E-state index in [0.717, 1.165) is 11.8 Å². The fourth-order valence-corrected chi connectivity index (χ4v) is 4.91. The summed E-state index contributed by atoms with van der Waals surface area (Å²) in [6.45, 7) is 0. The van der Waals surface area contributed by atoms with Crippen molar-refractivity contribution in [2.45, 2.75) is 69.8 Å². The van der Waals surface area contributed by atoms with Crippen LogP contribution in [0.1, 0.15) is 69.3 Å².